The van der Waals surface area contributed by atoms with E-state index in [0.29, 0.717) is 41.8 Å². The molecule has 1 saturated carbocycles. The first-order valence-corrected chi connectivity index (χ1v) is 14.1. The van der Waals surface area contributed by atoms with E-state index in [1.165, 1.54) is 4.52 Å². The van der Waals surface area contributed by atoms with Crippen molar-refractivity contribution in [2.75, 3.05) is 11.1 Å². The second-order valence-electron chi connectivity index (χ2n) is 8.90. The van der Waals surface area contributed by atoms with Gasteiger partial charge in [-0.05, 0) is 43.9 Å². The fraction of sp³-hybridized carbons (Fsp3) is 0.318. The molecule has 0 radical (unpaired) electrons. The van der Waals surface area contributed by atoms with Gasteiger partial charge < -0.3 is 11.1 Å². The van der Waals surface area contributed by atoms with Crippen LogP contribution in [0.3, 0.4) is 0 Å². The van der Waals surface area contributed by atoms with E-state index >= 15 is 0 Å². The molecule has 1 aliphatic rings. The van der Waals surface area contributed by atoms with E-state index in [0.717, 1.165) is 35.7 Å². The zero-order valence-corrected chi connectivity index (χ0v) is 22.0. The van der Waals surface area contributed by atoms with Crippen molar-refractivity contribution in [3.05, 3.63) is 52.8 Å². The number of nitrogens with one attached hydrogen (secondary N) is 2. The Morgan fingerprint density at radius 1 is 1.10 bits per heavy atom. The number of anilines is 2. The van der Waals surface area contributed by atoms with Crippen molar-refractivity contribution < 1.29 is 30.4 Å². The molecule has 1 fully saturated rings. The topological polar surface area (TPSA) is 127 Å². The summed E-state index contributed by atoms with van der Waals surface area (Å²) in [5.41, 5.74) is 4.46. The standard InChI is InChI=1S/C22H19ClF5N7O2S2/c23-18-17(10-7-14(22(26,27)28)19(29)30-9-10)35-21(32-18)38-20(33-35)31-12-2-4-13(5-3-12)34-39(36,37)16-6-1-11(24)8-15(16)25/h1,6-9,12-13,34H,2-5H2,(H2,29,30)(H,31,33). The highest BCUT2D eigenvalue weighted by Gasteiger charge is 2.35. The number of hydrogen-bond donors (Lipinski definition) is 3. The summed E-state index contributed by atoms with van der Waals surface area (Å²) in [7, 11) is -4.17. The molecule has 3 aromatic heterocycles. The van der Waals surface area contributed by atoms with E-state index in [2.05, 4.69) is 25.1 Å². The van der Waals surface area contributed by atoms with Gasteiger partial charge in [0.05, 0.1) is 5.56 Å². The molecule has 0 amide bonds. The molecule has 3 heterocycles. The van der Waals surface area contributed by atoms with Crippen LogP contribution in [0.25, 0.3) is 16.2 Å². The lowest BCUT2D eigenvalue weighted by Crippen LogP contribution is -2.40. The van der Waals surface area contributed by atoms with Gasteiger partial charge in [-0.1, -0.05) is 22.9 Å². The molecule has 4 N–H and O–H groups in total. The Bertz CT molecular complexity index is 1650. The predicted octanol–water partition coefficient (Wildman–Crippen LogP) is 5.09. The zero-order valence-electron chi connectivity index (χ0n) is 19.6. The number of nitrogens with zero attached hydrogens (tertiary/aromatic N) is 4. The van der Waals surface area contributed by atoms with E-state index < -0.39 is 50.2 Å². The minimum atomic E-state index is -4.71. The molecule has 39 heavy (non-hydrogen) atoms. The van der Waals surface area contributed by atoms with Crippen molar-refractivity contribution in [1.82, 2.24) is 24.3 Å². The summed E-state index contributed by atoms with van der Waals surface area (Å²) < 4.78 is 96.0. The van der Waals surface area contributed by atoms with Gasteiger partial charge in [0.25, 0.3) is 0 Å². The van der Waals surface area contributed by atoms with Crippen LogP contribution < -0.4 is 15.8 Å². The van der Waals surface area contributed by atoms with Crippen molar-refractivity contribution in [3.8, 4) is 11.3 Å². The lowest BCUT2D eigenvalue weighted by atomic mass is 9.92. The van der Waals surface area contributed by atoms with E-state index in [4.69, 9.17) is 17.3 Å². The van der Waals surface area contributed by atoms with Gasteiger partial charge in [-0.2, -0.15) is 17.7 Å². The van der Waals surface area contributed by atoms with Crippen LogP contribution in [0.4, 0.5) is 32.9 Å². The molecule has 0 saturated heterocycles. The maximum absolute atomic E-state index is 14.0. The van der Waals surface area contributed by atoms with E-state index in [-0.39, 0.29) is 22.5 Å². The van der Waals surface area contributed by atoms with E-state index in [1.807, 2.05) is 0 Å². The van der Waals surface area contributed by atoms with Crippen molar-refractivity contribution in [2.24, 2.45) is 0 Å². The molecule has 0 bridgehead atoms. The summed E-state index contributed by atoms with van der Waals surface area (Å²) in [6, 6.07) is 2.57. The molecular formula is C22H19ClF5N7O2S2. The summed E-state index contributed by atoms with van der Waals surface area (Å²) in [5.74, 6) is -2.71. The van der Waals surface area contributed by atoms with Crippen molar-refractivity contribution in [1.29, 1.82) is 0 Å². The lowest BCUT2D eigenvalue weighted by molar-refractivity contribution is -0.137. The first-order chi connectivity index (χ1) is 18.3. The SMILES string of the molecule is Nc1ncc(-c2c(Cl)nc3sc(NC4CCC(NS(=O)(=O)c5ccc(F)cc5F)CC4)nn23)cc1C(F)(F)F. The molecule has 4 aromatic rings. The van der Waals surface area contributed by atoms with Crippen LogP contribution in [0.5, 0.6) is 0 Å². The third-order valence-corrected chi connectivity index (χ3v) is 8.88. The fourth-order valence-electron chi connectivity index (χ4n) is 4.36. The lowest BCUT2D eigenvalue weighted by Gasteiger charge is -2.29. The number of fused-ring (bicyclic) bond motifs is 1. The highest BCUT2D eigenvalue weighted by Crippen LogP contribution is 2.38. The zero-order chi connectivity index (χ0) is 28.1. The van der Waals surface area contributed by atoms with Crippen LogP contribution in [0.1, 0.15) is 31.2 Å². The molecule has 1 aromatic carbocycles. The van der Waals surface area contributed by atoms with Crippen LogP contribution >= 0.6 is 22.9 Å². The number of sulfonamides is 1. The number of nitrogen functional groups attached to an aromatic ring is 1. The summed E-state index contributed by atoms with van der Waals surface area (Å²) in [6.45, 7) is 0. The van der Waals surface area contributed by atoms with Gasteiger partial charge in [-0.3, -0.25) is 0 Å². The molecule has 1 aliphatic carbocycles. The highest BCUT2D eigenvalue weighted by molar-refractivity contribution is 7.89. The Morgan fingerprint density at radius 2 is 1.79 bits per heavy atom. The quantitative estimate of drug-likeness (QED) is 0.261. The van der Waals surface area contributed by atoms with Crippen LogP contribution in [-0.2, 0) is 16.2 Å². The second kappa shape index (κ2) is 10.1. The van der Waals surface area contributed by atoms with Gasteiger partial charge in [-0.25, -0.2) is 31.9 Å². The van der Waals surface area contributed by atoms with Gasteiger partial charge >= 0.3 is 6.18 Å². The number of nitrogens with two attached hydrogens (primary N) is 1. The predicted molar refractivity (Wildman–Crippen MR) is 135 cm³/mol. The maximum Gasteiger partial charge on any atom is 0.419 e. The molecule has 17 heteroatoms. The molecule has 0 spiro atoms. The number of pyridine rings is 1. The third-order valence-electron chi connectivity index (χ3n) is 6.22. The highest BCUT2D eigenvalue weighted by atomic mass is 35.5. The Morgan fingerprint density at radius 3 is 2.46 bits per heavy atom. The van der Waals surface area contributed by atoms with E-state index in [9.17, 15) is 30.4 Å². The molecule has 0 unspecified atom stereocenters. The van der Waals surface area contributed by atoms with Gasteiger partial charge in [0, 0.05) is 29.9 Å². The molecule has 0 aliphatic heterocycles. The minimum Gasteiger partial charge on any atom is -0.383 e. The first kappa shape index (κ1) is 27.5. The largest absolute Gasteiger partial charge is 0.419 e. The number of rotatable bonds is 6. The third kappa shape index (κ3) is 5.64. The van der Waals surface area contributed by atoms with Crippen LogP contribution in [0, 0.1) is 11.6 Å². The Kier molecular flexibility index (Phi) is 7.15. The normalized spacial score (nSPS) is 18.5. The molecule has 0 atom stereocenters. The first-order valence-electron chi connectivity index (χ1n) is 11.4. The monoisotopic (exact) mass is 607 g/mol. The van der Waals surface area contributed by atoms with Crippen LogP contribution in [0.2, 0.25) is 5.15 Å². The summed E-state index contributed by atoms with van der Waals surface area (Å²) >= 11 is 7.34. The molecule has 5 rings (SSSR count). The summed E-state index contributed by atoms with van der Waals surface area (Å²) in [5, 5.41) is 8.03. The average Bonchev–Trinajstić information content (AvgIpc) is 3.35. The summed E-state index contributed by atoms with van der Waals surface area (Å²) in [6.07, 6.45) is -1.57. The van der Waals surface area contributed by atoms with Crippen molar-refractivity contribution >= 4 is 48.9 Å². The summed E-state index contributed by atoms with van der Waals surface area (Å²) in [4.78, 5) is 7.54. The molecule has 208 valence electrons. The van der Waals surface area contributed by atoms with E-state index in [1.54, 1.807) is 0 Å². The van der Waals surface area contributed by atoms with Gasteiger partial charge in [-0.15, -0.1) is 5.10 Å². The molecule has 9 nitrogen and oxygen atoms in total. The number of imidazole rings is 1. The number of aromatic nitrogens is 4. The van der Waals surface area contributed by atoms with Crippen molar-refractivity contribution in [2.45, 2.75) is 48.8 Å². The van der Waals surface area contributed by atoms with Gasteiger partial charge in [0.2, 0.25) is 20.1 Å². The van der Waals surface area contributed by atoms with Gasteiger partial charge in [0.15, 0.2) is 5.15 Å². The number of benzene rings is 1. The Hall–Kier alpha value is -3.08. The van der Waals surface area contributed by atoms with Crippen LogP contribution in [-0.4, -0.2) is 40.1 Å². The average molecular weight is 608 g/mol. The smallest absolute Gasteiger partial charge is 0.383 e. The number of hydrogen-bond acceptors (Lipinski definition) is 8. The van der Waals surface area contributed by atoms with Gasteiger partial charge in [0.1, 0.15) is 28.0 Å². The Labute approximate surface area is 227 Å². The Balaban J connectivity index is 1.27. The number of alkyl halides is 3. The molecular weight excluding hydrogens is 589 g/mol. The maximum atomic E-state index is 14.0. The van der Waals surface area contributed by atoms with Crippen LogP contribution in [0.15, 0.2) is 35.4 Å². The fourth-order valence-corrected chi connectivity index (χ4v) is 6.92. The van der Waals surface area contributed by atoms with Crippen molar-refractivity contribution in [3.63, 3.8) is 0 Å². The minimum absolute atomic E-state index is 0.0382. The second-order valence-corrected chi connectivity index (χ2v) is 11.9. The number of halogens is 6.